The quantitative estimate of drug-likeness (QED) is 0.853. The molecule has 0 bridgehead atoms. The number of piperidine rings is 1. The number of amides is 1. The van der Waals surface area contributed by atoms with Gasteiger partial charge in [-0.05, 0) is 23.9 Å². The zero-order chi connectivity index (χ0) is 11.7. The fraction of sp³-hybridized carbons (Fsp3) is 0.333. The van der Waals surface area contributed by atoms with Crippen LogP contribution in [0.4, 0.5) is 5.82 Å². The van der Waals surface area contributed by atoms with E-state index >= 15 is 0 Å². The summed E-state index contributed by atoms with van der Waals surface area (Å²) in [6, 6.07) is 4.38. The van der Waals surface area contributed by atoms with E-state index in [0.717, 1.165) is 17.6 Å². The molecule has 0 aromatic carbocycles. The molecule has 3 rings (SSSR count). The standard InChI is InChI=1S/C12H13N3OS/c16-11-2-1-8(7-14-11)15-12-9-4-6-17-10(9)3-5-13-12/h3-6,8H,1-2,7H2,(H,13,15)(H,14,16). The summed E-state index contributed by atoms with van der Waals surface area (Å²) in [4.78, 5) is 15.5. The number of aromatic nitrogens is 1. The Hall–Kier alpha value is -1.62. The number of carbonyl (C=O) groups excluding carboxylic acids is 1. The second-order valence-corrected chi connectivity index (χ2v) is 5.12. The number of anilines is 1. The average Bonchev–Trinajstić information content (AvgIpc) is 2.81. The van der Waals surface area contributed by atoms with Crippen molar-refractivity contribution in [1.82, 2.24) is 10.3 Å². The van der Waals surface area contributed by atoms with Crippen molar-refractivity contribution in [2.75, 3.05) is 11.9 Å². The zero-order valence-corrected chi connectivity index (χ0v) is 10.1. The third-order valence-electron chi connectivity index (χ3n) is 2.99. The predicted molar refractivity (Wildman–Crippen MR) is 69.3 cm³/mol. The normalized spacial score (nSPS) is 20.2. The number of fused-ring (bicyclic) bond motifs is 1. The number of rotatable bonds is 2. The van der Waals surface area contributed by atoms with Gasteiger partial charge >= 0.3 is 0 Å². The molecule has 0 aliphatic carbocycles. The number of nitrogens with one attached hydrogen (secondary N) is 2. The van der Waals surface area contributed by atoms with E-state index in [1.165, 1.54) is 4.70 Å². The number of pyridine rings is 1. The van der Waals surface area contributed by atoms with Crippen LogP contribution in [0.1, 0.15) is 12.8 Å². The molecule has 1 fully saturated rings. The molecule has 1 aliphatic rings. The summed E-state index contributed by atoms with van der Waals surface area (Å²) in [6.45, 7) is 0.682. The molecule has 0 radical (unpaired) electrons. The molecular formula is C12H13N3OS. The summed E-state index contributed by atoms with van der Waals surface area (Å²) >= 11 is 1.71. The Morgan fingerprint density at radius 3 is 3.24 bits per heavy atom. The molecule has 1 saturated heterocycles. The van der Waals surface area contributed by atoms with Crippen LogP contribution >= 0.6 is 11.3 Å². The van der Waals surface area contributed by atoms with Gasteiger partial charge < -0.3 is 10.6 Å². The van der Waals surface area contributed by atoms with E-state index in [2.05, 4.69) is 27.1 Å². The first kappa shape index (κ1) is 10.5. The summed E-state index contributed by atoms with van der Waals surface area (Å²) in [6.07, 6.45) is 3.29. The Morgan fingerprint density at radius 2 is 2.41 bits per heavy atom. The van der Waals surface area contributed by atoms with Crippen molar-refractivity contribution in [2.24, 2.45) is 0 Å². The number of hydrogen-bond donors (Lipinski definition) is 2. The largest absolute Gasteiger partial charge is 0.365 e. The number of nitrogens with zero attached hydrogens (tertiary/aromatic N) is 1. The predicted octanol–water partition coefficient (Wildman–Crippen LogP) is 1.99. The van der Waals surface area contributed by atoms with E-state index in [-0.39, 0.29) is 11.9 Å². The van der Waals surface area contributed by atoms with E-state index in [4.69, 9.17) is 0 Å². The van der Waals surface area contributed by atoms with Gasteiger partial charge in [0.15, 0.2) is 0 Å². The Balaban J connectivity index is 1.80. The molecule has 2 aromatic heterocycles. The van der Waals surface area contributed by atoms with Gasteiger partial charge in [-0.1, -0.05) is 0 Å². The van der Waals surface area contributed by atoms with Crippen LogP contribution in [0.15, 0.2) is 23.7 Å². The highest BCUT2D eigenvalue weighted by Gasteiger charge is 2.18. The first-order valence-corrected chi connectivity index (χ1v) is 6.56. The van der Waals surface area contributed by atoms with Gasteiger partial charge in [-0.25, -0.2) is 4.98 Å². The first-order valence-electron chi connectivity index (χ1n) is 5.68. The molecule has 0 spiro atoms. The van der Waals surface area contributed by atoms with Gasteiger partial charge in [-0.15, -0.1) is 11.3 Å². The second kappa shape index (κ2) is 4.33. The highest BCUT2D eigenvalue weighted by molar-refractivity contribution is 7.17. The Bertz CT molecular complexity index is 541. The van der Waals surface area contributed by atoms with Crippen molar-refractivity contribution < 1.29 is 4.79 Å². The summed E-state index contributed by atoms with van der Waals surface area (Å²) in [7, 11) is 0. The van der Waals surface area contributed by atoms with Gasteiger partial charge in [-0.2, -0.15) is 0 Å². The van der Waals surface area contributed by atoms with Gasteiger partial charge in [0.05, 0.1) is 0 Å². The van der Waals surface area contributed by atoms with E-state index in [0.29, 0.717) is 13.0 Å². The summed E-state index contributed by atoms with van der Waals surface area (Å²) in [5.41, 5.74) is 0. The third kappa shape index (κ3) is 2.10. The molecule has 2 N–H and O–H groups in total. The van der Waals surface area contributed by atoms with Crippen LogP contribution in [-0.2, 0) is 4.79 Å². The van der Waals surface area contributed by atoms with Crippen molar-refractivity contribution in [2.45, 2.75) is 18.9 Å². The van der Waals surface area contributed by atoms with Crippen molar-refractivity contribution >= 4 is 33.1 Å². The van der Waals surface area contributed by atoms with E-state index in [1.54, 1.807) is 11.3 Å². The van der Waals surface area contributed by atoms with Crippen LogP contribution in [0.25, 0.3) is 10.1 Å². The summed E-state index contributed by atoms with van der Waals surface area (Å²) < 4.78 is 1.24. The molecule has 1 unspecified atom stereocenters. The Morgan fingerprint density at radius 1 is 1.47 bits per heavy atom. The SMILES string of the molecule is O=C1CCC(Nc2nccc3sccc23)CN1. The average molecular weight is 247 g/mol. The monoisotopic (exact) mass is 247 g/mol. The second-order valence-electron chi connectivity index (χ2n) is 4.18. The molecule has 3 heterocycles. The Labute approximate surface area is 103 Å². The molecule has 2 aromatic rings. The van der Waals surface area contributed by atoms with Crippen LogP contribution in [0.3, 0.4) is 0 Å². The Kier molecular flexibility index (Phi) is 2.68. The molecule has 1 amide bonds. The first-order chi connectivity index (χ1) is 8.33. The maximum absolute atomic E-state index is 11.1. The number of carbonyl (C=O) groups is 1. The van der Waals surface area contributed by atoms with Gasteiger partial charge in [0.25, 0.3) is 0 Å². The minimum Gasteiger partial charge on any atom is -0.365 e. The van der Waals surface area contributed by atoms with Gasteiger partial charge in [0, 0.05) is 35.3 Å². The molecule has 5 heteroatoms. The van der Waals surface area contributed by atoms with Crippen LogP contribution in [0.2, 0.25) is 0 Å². The van der Waals surface area contributed by atoms with Gasteiger partial charge in [0.2, 0.25) is 5.91 Å². The van der Waals surface area contributed by atoms with E-state index < -0.39 is 0 Å². The maximum Gasteiger partial charge on any atom is 0.220 e. The lowest BCUT2D eigenvalue weighted by Gasteiger charge is -2.24. The maximum atomic E-state index is 11.1. The molecule has 17 heavy (non-hydrogen) atoms. The highest BCUT2D eigenvalue weighted by Crippen LogP contribution is 2.26. The minimum atomic E-state index is 0.143. The molecular weight excluding hydrogens is 234 g/mol. The van der Waals surface area contributed by atoms with Crippen molar-refractivity contribution in [3.05, 3.63) is 23.7 Å². The van der Waals surface area contributed by atoms with E-state index in [1.807, 2.05) is 12.3 Å². The fourth-order valence-corrected chi connectivity index (χ4v) is 2.84. The molecule has 88 valence electrons. The van der Waals surface area contributed by atoms with Gasteiger partial charge in [0.1, 0.15) is 5.82 Å². The van der Waals surface area contributed by atoms with Crippen LogP contribution in [-0.4, -0.2) is 23.5 Å². The molecule has 1 atom stereocenters. The smallest absolute Gasteiger partial charge is 0.220 e. The van der Waals surface area contributed by atoms with Crippen LogP contribution in [0.5, 0.6) is 0 Å². The fourth-order valence-electron chi connectivity index (χ4n) is 2.06. The van der Waals surface area contributed by atoms with Gasteiger partial charge in [-0.3, -0.25) is 4.79 Å². The molecule has 0 saturated carbocycles. The third-order valence-corrected chi connectivity index (χ3v) is 3.87. The van der Waals surface area contributed by atoms with E-state index in [9.17, 15) is 4.79 Å². The highest BCUT2D eigenvalue weighted by atomic mass is 32.1. The molecule has 4 nitrogen and oxygen atoms in total. The summed E-state index contributed by atoms with van der Waals surface area (Å²) in [5, 5.41) is 9.51. The lowest BCUT2D eigenvalue weighted by Crippen LogP contribution is -2.42. The lowest BCUT2D eigenvalue weighted by atomic mass is 10.1. The van der Waals surface area contributed by atoms with Crippen LogP contribution in [0, 0.1) is 0 Å². The minimum absolute atomic E-state index is 0.143. The zero-order valence-electron chi connectivity index (χ0n) is 9.27. The number of thiophene rings is 1. The van der Waals surface area contributed by atoms with Crippen LogP contribution < -0.4 is 10.6 Å². The topological polar surface area (TPSA) is 54.0 Å². The molecule has 1 aliphatic heterocycles. The number of hydrogen-bond acceptors (Lipinski definition) is 4. The summed E-state index contributed by atoms with van der Waals surface area (Å²) in [5.74, 6) is 1.06. The lowest BCUT2D eigenvalue weighted by molar-refractivity contribution is -0.122. The van der Waals surface area contributed by atoms with Crippen molar-refractivity contribution in [3.8, 4) is 0 Å². The van der Waals surface area contributed by atoms with Crippen molar-refractivity contribution in [3.63, 3.8) is 0 Å². The van der Waals surface area contributed by atoms with Crippen molar-refractivity contribution in [1.29, 1.82) is 0 Å².